The molecular formula is C18H23N3O3. The van der Waals surface area contributed by atoms with E-state index >= 15 is 0 Å². The van der Waals surface area contributed by atoms with E-state index in [0.717, 1.165) is 11.3 Å². The summed E-state index contributed by atoms with van der Waals surface area (Å²) in [6.45, 7) is 6.36. The van der Waals surface area contributed by atoms with Crippen molar-refractivity contribution in [3.8, 4) is 0 Å². The lowest BCUT2D eigenvalue weighted by molar-refractivity contribution is 0.0954. The lowest BCUT2D eigenvalue weighted by Gasteiger charge is -2.13. The van der Waals surface area contributed by atoms with Gasteiger partial charge >= 0.3 is 6.03 Å². The highest BCUT2D eigenvalue weighted by molar-refractivity contribution is 5.94. The van der Waals surface area contributed by atoms with Crippen LogP contribution in [0.15, 0.2) is 40.8 Å². The van der Waals surface area contributed by atoms with Crippen LogP contribution in [0.1, 0.15) is 40.4 Å². The van der Waals surface area contributed by atoms with Crippen LogP contribution >= 0.6 is 0 Å². The second-order valence-corrected chi connectivity index (χ2v) is 5.69. The Kier molecular flexibility index (Phi) is 6.01. The first-order valence-corrected chi connectivity index (χ1v) is 7.91. The van der Waals surface area contributed by atoms with Crippen molar-refractivity contribution >= 4 is 11.9 Å². The van der Waals surface area contributed by atoms with E-state index in [1.165, 1.54) is 0 Å². The highest BCUT2D eigenvalue weighted by Crippen LogP contribution is 2.15. The van der Waals surface area contributed by atoms with Crippen molar-refractivity contribution in [2.24, 2.45) is 0 Å². The van der Waals surface area contributed by atoms with E-state index in [1.54, 1.807) is 12.1 Å². The Bertz CT molecular complexity index is 692. The van der Waals surface area contributed by atoms with Gasteiger partial charge in [-0.2, -0.15) is 0 Å². The Hall–Kier alpha value is -2.76. The van der Waals surface area contributed by atoms with Gasteiger partial charge in [0.2, 0.25) is 0 Å². The van der Waals surface area contributed by atoms with Crippen LogP contribution in [0.25, 0.3) is 0 Å². The van der Waals surface area contributed by atoms with Crippen LogP contribution in [0.3, 0.4) is 0 Å². The number of amides is 3. The molecule has 1 heterocycles. The summed E-state index contributed by atoms with van der Waals surface area (Å²) in [5.41, 5.74) is 1.71. The van der Waals surface area contributed by atoms with Crippen LogP contribution in [-0.2, 0) is 0 Å². The summed E-state index contributed by atoms with van der Waals surface area (Å²) in [7, 11) is 0. The van der Waals surface area contributed by atoms with Gasteiger partial charge in [0.25, 0.3) is 5.91 Å². The molecule has 6 heteroatoms. The number of hydrogen-bond donors (Lipinski definition) is 3. The molecule has 0 fully saturated rings. The molecule has 2 aromatic rings. The van der Waals surface area contributed by atoms with E-state index < -0.39 is 0 Å². The van der Waals surface area contributed by atoms with E-state index in [9.17, 15) is 9.59 Å². The number of furan rings is 1. The smallest absolute Gasteiger partial charge is 0.315 e. The predicted octanol–water partition coefficient (Wildman–Crippen LogP) is 2.69. The highest BCUT2D eigenvalue weighted by atomic mass is 16.3. The zero-order chi connectivity index (χ0) is 17.5. The molecule has 6 nitrogen and oxygen atoms in total. The minimum Gasteiger partial charge on any atom is -0.464 e. The topological polar surface area (TPSA) is 83.4 Å². The molecule has 1 atom stereocenters. The Morgan fingerprint density at radius 3 is 2.29 bits per heavy atom. The molecule has 24 heavy (non-hydrogen) atoms. The Balaban J connectivity index is 1.67. The summed E-state index contributed by atoms with van der Waals surface area (Å²) >= 11 is 0. The predicted molar refractivity (Wildman–Crippen MR) is 91.9 cm³/mol. The minimum absolute atomic E-state index is 0.156. The van der Waals surface area contributed by atoms with Crippen LogP contribution in [0.2, 0.25) is 0 Å². The van der Waals surface area contributed by atoms with Gasteiger partial charge < -0.3 is 20.4 Å². The first kappa shape index (κ1) is 17.6. The molecule has 1 aromatic carbocycles. The van der Waals surface area contributed by atoms with Crippen molar-refractivity contribution in [3.63, 3.8) is 0 Å². The van der Waals surface area contributed by atoms with Crippen molar-refractivity contribution in [1.29, 1.82) is 0 Å². The molecule has 3 N–H and O–H groups in total. The average Bonchev–Trinajstić information content (AvgIpc) is 2.98. The Morgan fingerprint density at radius 2 is 1.67 bits per heavy atom. The fourth-order valence-electron chi connectivity index (χ4n) is 2.16. The van der Waals surface area contributed by atoms with Gasteiger partial charge in [0, 0.05) is 18.7 Å². The van der Waals surface area contributed by atoms with E-state index in [1.807, 2.05) is 45.0 Å². The van der Waals surface area contributed by atoms with Gasteiger partial charge in [0.05, 0.1) is 6.04 Å². The minimum atomic E-state index is -0.305. The van der Waals surface area contributed by atoms with E-state index in [0.29, 0.717) is 24.4 Å². The third-order valence-corrected chi connectivity index (χ3v) is 3.55. The Labute approximate surface area is 141 Å². The number of nitrogens with one attached hydrogen (secondary N) is 3. The molecule has 0 radical (unpaired) electrons. The van der Waals surface area contributed by atoms with Crippen molar-refractivity contribution in [3.05, 3.63) is 59.0 Å². The highest BCUT2D eigenvalue weighted by Gasteiger charge is 2.12. The maximum Gasteiger partial charge on any atom is 0.315 e. The zero-order valence-corrected chi connectivity index (χ0v) is 14.2. The van der Waals surface area contributed by atoms with Crippen LogP contribution in [0, 0.1) is 13.8 Å². The molecule has 0 saturated heterocycles. The van der Waals surface area contributed by atoms with Crippen molar-refractivity contribution in [2.75, 3.05) is 13.1 Å². The maximum absolute atomic E-state index is 11.9. The van der Waals surface area contributed by atoms with Gasteiger partial charge in [-0.05, 0) is 45.0 Å². The number of rotatable bonds is 6. The standard InChI is InChI=1S/C18H23N3O3/c1-12-4-7-15(8-5-12)17(22)19-10-11-20-18(23)21-14(3)16-9-6-13(2)24-16/h4-9,14H,10-11H2,1-3H3,(H,19,22)(H2,20,21,23)/t14-/m0/s1. The van der Waals surface area contributed by atoms with Crippen LogP contribution < -0.4 is 16.0 Å². The van der Waals surface area contributed by atoms with Gasteiger partial charge in [-0.25, -0.2) is 4.79 Å². The van der Waals surface area contributed by atoms with Gasteiger partial charge in [-0.3, -0.25) is 4.79 Å². The monoisotopic (exact) mass is 329 g/mol. The molecule has 0 unspecified atom stereocenters. The van der Waals surface area contributed by atoms with Crippen molar-refractivity contribution in [2.45, 2.75) is 26.8 Å². The first-order valence-electron chi connectivity index (χ1n) is 7.91. The van der Waals surface area contributed by atoms with Gasteiger partial charge in [-0.15, -0.1) is 0 Å². The lowest BCUT2D eigenvalue weighted by atomic mass is 10.1. The largest absolute Gasteiger partial charge is 0.464 e. The summed E-state index contributed by atoms with van der Waals surface area (Å²) in [6, 6.07) is 10.5. The van der Waals surface area contributed by atoms with Crippen LogP contribution in [0.5, 0.6) is 0 Å². The normalized spacial score (nSPS) is 11.6. The van der Waals surface area contributed by atoms with Crippen molar-refractivity contribution < 1.29 is 14.0 Å². The van der Waals surface area contributed by atoms with Crippen LogP contribution in [0.4, 0.5) is 4.79 Å². The molecule has 3 amide bonds. The number of carbonyl (C=O) groups is 2. The third kappa shape index (κ3) is 5.15. The Morgan fingerprint density at radius 1 is 1.00 bits per heavy atom. The second kappa shape index (κ2) is 8.19. The molecule has 2 rings (SSSR count). The fourth-order valence-corrected chi connectivity index (χ4v) is 2.16. The number of benzene rings is 1. The molecule has 1 aromatic heterocycles. The fraction of sp³-hybridized carbons (Fsp3) is 0.333. The molecule has 0 aliphatic rings. The summed E-state index contributed by atoms with van der Waals surface area (Å²) < 4.78 is 5.46. The molecule has 128 valence electrons. The average molecular weight is 329 g/mol. The third-order valence-electron chi connectivity index (χ3n) is 3.55. The number of aryl methyl sites for hydroxylation is 2. The van der Waals surface area contributed by atoms with Gasteiger partial charge in [0.1, 0.15) is 11.5 Å². The summed E-state index contributed by atoms with van der Waals surface area (Å²) in [5.74, 6) is 1.35. The number of hydrogen-bond acceptors (Lipinski definition) is 3. The van der Waals surface area contributed by atoms with Gasteiger partial charge in [-0.1, -0.05) is 17.7 Å². The molecule has 0 aliphatic heterocycles. The van der Waals surface area contributed by atoms with Crippen LogP contribution in [-0.4, -0.2) is 25.0 Å². The summed E-state index contributed by atoms with van der Waals surface area (Å²) in [6.07, 6.45) is 0. The zero-order valence-electron chi connectivity index (χ0n) is 14.2. The summed E-state index contributed by atoms with van der Waals surface area (Å²) in [4.78, 5) is 23.7. The second-order valence-electron chi connectivity index (χ2n) is 5.69. The molecule has 0 spiro atoms. The molecular weight excluding hydrogens is 306 g/mol. The first-order chi connectivity index (χ1) is 11.5. The molecule has 0 bridgehead atoms. The number of urea groups is 1. The van der Waals surface area contributed by atoms with E-state index in [2.05, 4.69) is 16.0 Å². The van der Waals surface area contributed by atoms with Crippen molar-refractivity contribution in [1.82, 2.24) is 16.0 Å². The number of carbonyl (C=O) groups excluding carboxylic acids is 2. The summed E-state index contributed by atoms with van der Waals surface area (Å²) in [5, 5.41) is 8.24. The molecule has 0 aliphatic carbocycles. The molecule has 0 saturated carbocycles. The SMILES string of the molecule is Cc1ccc(C(=O)NCCNC(=O)N[C@@H](C)c2ccc(C)o2)cc1. The van der Waals surface area contributed by atoms with E-state index in [-0.39, 0.29) is 18.0 Å². The quantitative estimate of drug-likeness (QED) is 0.713. The van der Waals surface area contributed by atoms with E-state index in [4.69, 9.17) is 4.42 Å². The van der Waals surface area contributed by atoms with Gasteiger partial charge in [0.15, 0.2) is 0 Å². The maximum atomic E-state index is 11.9. The lowest BCUT2D eigenvalue weighted by Crippen LogP contribution is -2.41.